The van der Waals surface area contributed by atoms with Crippen molar-refractivity contribution in [2.24, 2.45) is 0 Å². The van der Waals surface area contributed by atoms with Gasteiger partial charge in [0.1, 0.15) is 17.0 Å². The van der Waals surface area contributed by atoms with Crippen LogP contribution < -0.4 is 4.74 Å². The molecule has 27 heavy (non-hydrogen) atoms. The molecule has 5 heterocycles. The van der Waals surface area contributed by atoms with Crippen LogP contribution in [0, 0.1) is 0 Å². The van der Waals surface area contributed by atoms with Crippen LogP contribution in [-0.4, -0.2) is 39.0 Å². The maximum atomic E-state index is 6.59. The first-order valence-corrected chi connectivity index (χ1v) is 10.3. The summed E-state index contributed by atoms with van der Waals surface area (Å²) in [7, 11) is 0. The lowest BCUT2D eigenvalue weighted by molar-refractivity contribution is -0.0249. The first kappa shape index (κ1) is 15.7. The highest BCUT2D eigenvalue weighted by Gasteiger charge is 2.46. The van der Waals surface area contributed by atoms with Gasteiger partial charge in [0.25, 0.3) is 0 Å². The molecule has 0 N–H and O–H groups in total. The molecule has 1 aromatic carbocycles. The van der Waals surface area contributed by atoms with Crippen molar-refractivity contribution in [2.75, 3.05) is 13.1 Å². The van der Waals surface area contributed by atoms with E-state index >= 15 is 0 Å². The molecule has 0 aliphatic carbocycles. The van der Waals surface area contributed by atoms with Crippen LogP contribution in [0.5, 0.6) is 5.75 Å². The molecule has 2 aromatic heterocycles. The lowest BCUT2D eigenvalue weighted by Gasteiger charge is -2.46. The molecular weight excluding hydrogens is 334 g/mol. The highest BCUT2D eigenvalue weighted by atomic mass is 16.5. The predicted octanol–water partition coefficient (Wildman–Crippen LogP) is 4.32. The number of hydrogen-bond acceptors (Lipinski definition) is 3. The molecule has 4 heteroatoms. The second-order valence-corrected chi connectivity index (χ2v) is 8.53. The fraction of sp³-hybridized carbons (Fsp3) is 0.435. The van der Waals surface area contributed by atoms with Crippen molar-refractivity contribution in [2.45, 2.75) is 50.2 Å². The van der Waals surface area contributed by atoms with E-state index in [9.17, 15) is 0 Å². The Morgan fingerprint density at radius 3 is 3.04 bits per heavy atom. The molecule has 3 aliphatic heterocycles. The maximum absolute atomic E-state index is 6.59. The van der Waals surface area contributed by atoms with Crippen LogP contribution >= 0.6 is 0 Å². The number of piperidine rings is 2. The second-order valence-electron chi connectivity index (χ2n) is 8.53. The lowest BCUT2D eigenvalue weighted by atomic mass is 9.80. The molecule has 1 spiro atoms. The van der Waals surface area contributed by atoms with Gasteiger partial charge in [-0.25, -0.2) is 4.98 Å². The molecule has 4 nitrogen and oxygen atoms in total. The summed E-state index contributed by atoms with van der Waals surface area (Å²) in [6, 6.07) is 11.7. The highest BCUT2D eigenvalue weighted by Crippen LogP contribution is 2.45. The average molecular weight is 359 g/mol. The minimum absolute atomic E-state index is 0.0355. The number of fused-ring (bicyclic) bond motifs is 3. The van der Waals surface area contributed by atoms with Gasteiger partial charge in [-0.15, -0.1) is 0 Å². The third kappa shape index (κ3) is 2.58. The summed E-state index contributed by atoms with van der Waals surface area (Å²) < 4.78 is 8.67. The van der Waals surface area contributed by atoms with Gasteiger partial charge in [-0.2, -0.15) is 0 Å². The summed E-state index contributed by atoms with van der Waals surface area (Å²) in [6.07, 6.45) is 13.5. The number of hydrogen-bond donors (Lipinski definition) is 0. The molecule has 0 saturated carbocycles. The van der Waals surface area contributed by atoms with Crippen molar-refractivity contribution in [3.05, 3.63) is 54.5 Å². The standard InChI is InChI=1S/C23H25N3O/c1-2-10-25-11-8-23(15-20(25)3-1)14-19-13-17(4-6-21(19)27-23)18-5-7-22-24-9-12-26(22)16-18/h4-7,9,12-13,16,20H,1-3,8,10-11,14-15H2/t20?,23-/m0/s1. The Morgan fingerprint density at radius 2 is 2.04 bits per heavy atom. The summed E-state index contributed by atoms with van der Waals surface area (Å²) >= 11 is 0. The number of imidazole rings is 1. The van der Waals surface area contributed by atoms with Crippen LogP contribution in [0.25, 0.3) is 16.8 Å². The monoisotopic (exact) mass is 359 g/mol. The first-order chi connectivity index (χ1) is 13.3. The molecule has 2 atom stereocenters. The zero-order valence-electron chi connectivity index (χ0n) is 15.6. The van der Waals surface area contributed by atoms with Crippen molar-refractivity contribution in [3.8, 4) is 16.9 Å². The van der Waals surface area contributed by atoms with Gasteiger partial charge in [0, 0.05) is 50.4 Å². The van der Waals surface area contributed by atoms with Gasteiger partial charge in [0.2, 0.25) is 0 Å². The van der Waals surface area contributed by atoms with E-state index in [1.165, 1.54) is 55.5 Å². The molecule has 3 aromatic rings. The zero-order valence-corrected chi connectivity index (χ0v) is 15.6. The Kier molecular flexibility index (Phi) is 3.39. The highest BCUT2D eigenvalue weighted by molar-refractivity contribution is 5.67. The third-order valence-corrected chi connectivity index (χ3v) is 6.83. The van der Waals surface area contributed by atoms with E-state index in [2.05, 4.69) is 50.8 Å². The van der Waals surface area contributed by atoms with Crippen LogP contribution in [0.2, 0.25) is 0 Å². The van der Waals surface area contributed by atoms with Gasteiger partial charge < -0.3 is 14.0 Å². The Labute approximate surface area is 159 Å². The third-order valence-electron chi connectivity index (χ3n) is 6.83. The fourth-order valence-corrected chi connectivity index (χ4v) is 5.42. The minimum Gasteiger partial charge on any atom is -0.487 e. The number of pyridine rings is 1. The molecule has 0 radical (unpaired) electrons. The van der Waals surface area contributed by atoms with Gasteiger partial charge in [-0.3, -0.25) is 0 Å². The Morgan fingerprint density at radius 1 is 1.07 bits per heavy atom. The Hall–Kier alpha value is -2.33. The van der Waals surface area contributed by atoms with E-state index in [4.69, 9.17) is 4.74 Å². The van der Waals surface area contributed by atoms with Gasteiger partial charge in [0.05, 0.1) is 0 Å². The molecule has 1 unspecified atom stereocenters. The molecular formula is C23H25N3O. The van der Waals surface area contributed by atoms with Crippen LogP contribution in [0.15, 0.2) is 48.9 Å². The van der Waals surface area contributed by atoms with E-state index in [0.717, 1.165) is 30.3 Å². The van der Waals surface area contributed by atoms with E-state index in [1.54, 1.807) is 0 Å². The Bertz CT molecular complexity index is 1010. The van der Waals surface area contributed by atoms with E-state index in [0.29, 0.717) is 0 Å². The van der Waals surface area contributed by atoms with Crippen LogP contribution in [0.4, 0.5) is 0 Å². The lowest BCUT2D eigenvalue weighted by Crippen LogP contribution is -2.54. The summed E-state index contributed by atoms with van der Waals surface area (Å²) in [4.78, 5) is 7.04. The van der Waals surface area contributed by atoms with Gasteiger partial charge >= 0.3 is 0 Å². The first-order valence-electron chi connectivity index (χ1n) is 10.3. The molecule has 2 saturated heterocycles. The number of aromatic nitrogens is 2. The molecule has 138 valence electrons. The summed E-state index contributed by atoms with van der Waals surface area (Å²) in [5, 5.41) is 0. The zero-order chi connectivity index (χ0) is 17.8. The number of benzene rings is 1. The fourth-order valence-electron chi connectivity index (χ4n) is 5.42. The van der Waals surface area contributed by atoms with Crippen LogP contribution in [0.1, 0.15) is 37.7 Å². The number of nitrogens with zero attached hydrogens (tertiary/aromatic N) is 3. The normalized spacial score (nSPS) is 27.5. The summed E-state index contributed by atoms with van der Waals surface area (Å²) in [5.41, 5.74) is 4.89. The molecule has 0 bridgehead atoms. The molecule has 6 rings (SSSR count). The average Bonchev–Trinajstić information content (AvgIpc) is 3.30. The summed E-state index contributed by atoms with van der Waals surface area (Å²) in [6.45, 7) is 2.48. The van der Waals surface area contributed by atoms with Crippen molar-refractivity contribution in [3.63, 3.8) is 0 Å². The molecule has 3 aliphatic rings. The van der Waals surface area contributed by atoms with Crippen molar-refractivity contribution in [1.82, 2.24) is 14.3 Å². The Balaban J connectivity index is 1.29. The van der Waals surface area contributed by atoms with Crippen molar-refractivity contribution < 1.29 is 4.74 Å². The number of rotatable bonds is 1. The maximum Gasteiger partial charge on any atom is 0.136 e. The molecule has 2 fully saturated rings. The van der Waals surface area contributed by atoms with Crippen LogP contribution in [-0.2, 0) is 6.42 Å². The van der Waals surface area contributed by atoms with Gasteiger partial charge in [-0.05, 0) is 60.3 Å². The number of ether oxygens (including phenoxy) is 1. The minimum atomic E-state index is 0.0355. The largest absolute Gasteiger partial charge is 0.487 e. The smallest absolute Gasteiger partial charge is 0.136 e. The predicted molar refractivity (Wildman–Crippen MR) is 106 cm³/mol. The van der Waals surface area contributed by atoms with Gasteiger partial charge in [0.15, 0.2) is 0 Å². The molecule has 0 amide bonds. The van der Waals surface area contributed by atoms with E-state index < -0.39 is 0 Å². The quantitative estimate of drug-likeness (QED) is 0.648. The topological polar surface area (TPSA) is 29.8 Å². The second kappa shape index (κ2) is 5.83. The van der Waals surface area contributed by atoms with E-state index in [1.807, 2.05) is 12.4 Å². The van der Waals surface area contributed by atoms with Crippen molar-refractivity contribution in [1.29, 1.82) is 0 Å². The van der Waals surface area contributed by atoms with Crippen LogP contribution in [0.3, 0.4) is 0 Å². The van der Waals surface area contributed by atoms with E-state index in [-0.39, 0.29) is 5.60 Å². The SMILES string of the molecule is c1cn2cc(-c3ccc4c(c3)C[C@]3(CCN5CCCCC5C3)O4)ccc2n1. The van der Waals surface area contributed by atoms with Gasteiger partial charge in [-0.1, -0.05) is 12.5 Å². The van der Waals surface area contributed by atoms with Crippen molar-refractivity contribution >= 4 is 5.65 Å². The summed E-state index contributed by atoms with van der Waals surface area (Å²) in [5.74, 6) is 1.10.